The number of piperazine rings is 1. The predicted molar refractivity (Wildman–Crippen MR) is 95.4 cm³/mol. The van der Waals surface area contributed by atoms with Gasteiger partial charge in [-0.05, 0) is 47.5 Å². The molecule has 0 aromatic rings. The Morgan fingerprint density at radius 1 is 1.20 bits per heavy atom. The molecule has 1 atom stereocenters. The van der Waals surface area contributed by atoms with Crippen LogP contribution in [0.25, 0.3) is 0 Å². The summed E-state index contributed by atoms with van der Waals surface area (Å²) in [5, 5.41) is 10.00. The minimum Gasteiger partial charge on any atom is -0.445 e. The molecular weight excluding hydrogens is 324 g/mol. The molecule has 0 spiro atoms. The van der Waals surface area contributed by atoms with Crippen molar-refractivity contribution >= 4 is 12.2 Å². The van der Waals surface area contributed by atoms with Crippen LogP contribution in [-0.2, 0) is 9.47 Å². The Bertz CT molecular complexity index is 479. The summed E-state index contributed by atoms with van der Waals surface area (Å²) in [4.78, 5) is 27.8. The number of amides is 2. The van der Waals surface area contributed by atoms with Crippen LogP contribution in [0.4, 0.5) is 9.59 Å². The number of aliphatic hydroxyl groups is 1. The molecule has 0 saturated carbocycles. The van der Waals surface area contributed by atoms with Crippen LogP contribution >= 0.6 is 0 Å². The third-order valence-corrected chi connectivity index (χ3v) is 3.78. The second-order valence-corrected chi connectivity index (χ2v) is 7.99. The molecule has 2 amide bonds. The Balaban J connectivity index is 2.81. The number of hydrogen-bond donors (Lipinski definition) is 1. The summed E-state index contributed by atoms with van der Waals surface area (Å²) in [5.41, 5.74) is -1.43. The lowest BCUT2D eigenvalue weighted by molar-refractivity contribution is -0.00940. The van der Waals surface area contributed by atoms with E-state index >= 15 is 0 Å². The molecule has 1 heterocycles. The fraction of sp³-hybridized carbons (Fsp3) is 0.778. The molecule has 7 nitrogen and oxygen atoms in total. The first kappa shape index (κ1) is 21.3. The summed E-state index contributed by atoms with van der Waals surface area (Å²) in [5.74, 6) is 0. The normalized spacial score (nSPS) is 18.7. The smallest absolute Gasteiger partial charge is 0.410 e. The van der Waals surface area contributed by atoms with E-state index in [1.807, 2.05) is 20.8 Å². The molecule has 25 heavy (non-hydrogen) atoms. The van der Waals surface area contributed by atoms with Crippen molar-refractivity contribution in [3.63, 3.8) is 0 Å². The van der Waals surface area contributed by atoms with Gasteiger partial charge < -0.3 is 24.4 Å². The van der Waals surface area contributed by atoms with E-state index in [4.69, 9.17) is 9.47 Å². The lowest BCUT2D eigenvalue weighted by atomic mass is 9.97. The Hall–Kier alpha value is -1.76. The second kappa shape index (κ2) is 8.56. The first-order chi connectivity index (χ1) is 11.4. The molecule has 0 aromatic heterocycles. The van der Waals surface area contributed by atoms with Crippen LogP contribution < -0.4 is 0 Å². The highest BCUT2D eigenvalue weighted by Gasteiger charge is 2.36. The average Bonchev–Trinajstić information content (AvgIpc) is 2.47. The number of nitrogens with zero attached hydrogens (tertiary/aromatic N) is 2. The average molecular weight is 356 g/mol. The number of ether oxygens (including phenoxy) is 2. The van der Waals surface area contributed by atoms with Gasteiger partial charge in [0.05, 0.1) is 11.6 Å². The van der Waals surface area contributed by atoms with Crippen molar-refractivity contribution < 1.29 is 24.2 Å². The van der Waals surface area contributed by atoms with Crippen molar-refractivity contribution in [2.75, 3.05) is 26.2 Å². The van der Waals surface area contributed by atoms with E-state index in [1.54, 1.807) is 23.6 Å². The van der Waals surface area contributed by atoms with Crippen LogP contribution in [0.3, 0.4) is 0 Å². The molecule has 1 aliphatic rings. The standard InChI is InChI=1S/C18H32N2O5/c1-7-12-24-15(21)19-10-11-20(16(22)25-17(2,3)4)14(13-19)8-9-18(5,6)23/h7,14,23H,1,8-13H2,2-6H3. The van der Waals surface area contributed by atoms with Crippen molar-refractivity contribution in [3.8, 4) is 0 Å². The zero-order valence-electron chi connectivity index (χ0n) is 16.1. The highest BCUT2D eigenvalue weighted by molar-refractivity contribution is 5.71. The van der Waals surface area contributed by atoms with E-state index in [2.05, 4.69) is 6.58 Å². The van der Waals surface area contributed by atoms with E-state index in [0.29, 0.717) is 32.5 Å². The number of carbonyl (C=O) groups is 2. The first-order valence-electron chi connectivity index (χ1n) is 8.67. The number of rotatable bonds is 5. The minimum atomic E-state index is -0.842. The van der Waals surface area contributed by atoms with Crippen molar-refractivity contribution in [3.05, 3.63) is 12.7 Å². The SMILES string of the molecule is C=CCOC(=O)N1CCN(C(=O)OC(C)(C)C)C(CCC(C)(C)O)C1. The molecule has 0 aliphatic carbocycles. The van der Waals surface area contributed by atoms with Crippen LogP contribution in [0, 0.1) is 0 Å². The maximum atomic E-state index is 12.5. The molecule has 1 rings (SSSR count). The quantitative estimate of drug-likeness (QED) is 0.766. The van der Waals surface area contributed by atoms with E-state index in [-0.39, 0.29) is 12.6 Å². The fourth-order valence-electron chi connectivity index (χ4n) is 2.57. The van der Waals surface area contributed by atoms with Gasteiger partial charge in [-0.1, -0.05) is 12.7 Å². The van der Waals surface area contributed by atoms with Gasteiger partial charge >= 0.3 is 12.2 Å². The summed E-state index contributed by atoms with van der Waals surface area (Å²) in [6.07, 6.45) is 1.77. The van der Waals surface area contributed by atoms with Gasteiger partial charge in [-0.25, -0.2) is 9.59 Å². The second-order valence-electron chi connectivity index (χ2n) is 7.99. The van der Waals surface area contributed by atoms with Crippen LogP contribution in [0.5, 0.6) is 0 Å². The molecule has 1 N–H and O–H groups in total. The lowest BCUT2D eigenvalue weighted by Gasteiger charge is -2.41. The van der Waals surface area contributed by atoms with Gasteiger partial charge in [0.2, 0.25) is 0 Å². The largest absolute Gasteiger partial charge is 0.445 e. The molecular formula is C18H32N2O5. The monoisotopic (exact) mass is 356 g/mol. The van der Waals surface area contributed by atoms with Gasteiger partial charge in [-0.15, -0.1) is 0 Å². The van der Waals surface area contributed by atoms with Gasteiger partial charge in [-0.2, -0.15) is 0 Å². The highest BCUT2D eigenvalue weighted by Crippen LogP contribution is 2.22. The molecule has 0 bridgehead atoms. The van der Waals surface area contributed by atoms with Gasteiger partial charge in [0.1, 0.15) is 12.2 Å². The zero-order chi connectivity index (χ0) is 19.3. The zero-order valence-corrected chi connectivity index (χ0v) is 16.1. The van der Waals surface area contributed by atoms with E-state index in [9.17, 15) is 14.7 Å². The summed E-state index contributed by atoms with van der Waals surface area (Å²) >= 11 is 0. The van der Waals surface area contributed by atoms with E-state index in [1.165, 1.54) is 6.08 Å². The van der Waals surface area contributed by atoms with Gasteiger partial charge in [0, 0.05) is 19.6 Å². The Morgan fingerprint density at radius 2 is 1.84 bits per heavy atom. The topological polar surface area (TPSA) is 79.3 Å². The molecule has 1 saturated heterocycles. The first-order valence-corrected chi connectivity index (χ1v) is 8.67. The number of carbonyl (C=O) groups excluding carboxylic acids is 2. The van der Waals surface area contributed by atoms with E-state index in [0.717, 1.165) is 0 Å². The van der Waals surface area contributed by atoms with Crippen LogP contribution in [0.1, 0.15) is 47.5 Å². The predicted octanol–water partition coefficient (Wildman–Crippen LogP) is 2.78. The molecule has 144 valence electrons. The summed E-state index contributed by atoms with van der Waals surface area (Å²) < 4.78 is 10.6. The molecule has 1 unspecified atom stereocenters. The highest BCUT2D eigenvalue weighted by atomic mass is 16.6. The van der Waals surface area contributed by atoms with Gasteiger partial charge in [0.25, 0.3) is 0 Å². The minimum absolute atomic E-state index is 0.152. The summed E-state index contributed by atoms with van der Waals surface area (Å²) in [6, 6.07) is -0.230. The van der Waals surface area contributed by atoms with Crippen molar-refractivity contribution in [1.29, 1.82) is 0 Å². The van der Waals surface area contributed by atoms with Crippen molar-refractivity contribution in [2.24, 2.45) is 0 Å². The maximum absolute atomic E-state index is 12.5. The molecule has 1 aliphatic heterocycles. The van der Waals surface area contributed by atoms with Gasteiger partial charge in [0.15, 0.2) is 0 Å². The van der Waals surface area contributed by atoms with Crippen LogP contribution in [0.15, 0.2) is 12.7 Å². The molecule has 7 heteroatoms. The van der Waals surface area contributed by atoms with E-state index < -0.39 is 23.4 Å². The molecule has 0 aromatic carbocycles. The fourth-order valence-corrected chi connectivity index (χ4v) is 2.57. The molecule has 0 radical (unpaired) electrons. The Morgan fingerprint density at radius 3 is 2.36 bits per heavy atom. The Labute approximate surface area is 150 Å². The summed E-state index contributed by atoms with van der Waals surface area (Å²) in [7, 11) is 0. The number of hydrogen-bond acceptors (Lipinski definition) is 5. The van der Waals surface area contributed by atoms with Crippen molar-refractivity contribution in [2.45, 2.75) is 64.7 Å². The van der Waals surface area contributed by atoms with Crippen LogP contribution in [-0.4, -0.2) is 70.6 Å². The molecule has 1 fully saturated rings. The van der Waals surface area contributed by atoms with Gasteiger partial charge in [-0.3, -0.25) is 0 Å². The van der Waals surface area contributed by atoms with Crippen molar-refractivity contribution in [1.82, 2.24) is 9.80 Å². The third-order valence-electron chi connectivity index (χ3n) is 3.78. The third kappa shape index (κ3) is 7.77. The summed E-state index contributed by atoms with van der Waals surface area (Å²) in [6.45, 7) is 13.7. The Kier molecular flexibility index (Phi) is 7.29. The maximum Gasteiger partial charge on any atom is 0.410 e. The van der Waals surface area contributed by atoms with Crippen LogP contribution in [0.2, 0.25) is 0 Å². The lowest BCUT2D eigenvalue weighted by Crippen LogP contribution is -2.57.